The van der Waals surface area contributed by atoms with Gasteiger partial charge in [-0.1, -0.05) is 27.7 Å². The highest BCUT2D eigenvalue weighted by Crippen LogP contribution is 1.94. The molecule has 0 N–H and O–H groups in total. The van der Waals surface area contributed by atoms with Crippen LogP contribution in [-0.2, 0) is 9.59 Å². The zero-order chi connectivity index (χ0) is 9.72. The van der Waals surface area contributed by atoms with Gasteiger partial charge in [0.2, 0.25) is 11.6 Å². The van der Waals surface area contributed by atoms with Crippen LogP contribution < -0.4 is 0 Å². The molecule has 12 heavy (non-hydrogen) atoms. The standard InChI is InChI=1S/C10H14O2/c1-7(2)9(11)5-6-10(12)8(3)4/h7-8H,1-4H3. The maximum Gasteiger partial charge on any atom is 0.208 e. The first-order valence-electron chi connectivity index (χ1n) is 4.04. The van der Waals surface area contributed by atoms with Gasteiger partial charge in [0.05, 0.1) is 0 Å². The summed E-state index contributed by atoms with van der Waals surface area (Å²) >= 11 is 0. The molecule has 0 aliphatic carbocycles. The lowest BCUT2D eigenvalue weighted by Crippen LogP contribution is -2.07. The molecule has 2 nitrogen and oxygen atoms in total. The molecule has 0 aromatic heterocycles. The van der Waals surface area contributed by atoms with Gasteiger partial charge in [0, 0.05) is 11.8 Å². The first-order valence-corrected chi connectivity index (χ1v) is 4.04. The van der Waals surface area contributed by atoms with Crippen LogP contribution in [-0.4, -0.2) is 11.6 Å². The number of rotatable bonds is 2. The minimum atomic E-state index is -0.177. The van der Waals surface area contributed by atoms with E-state index in [1.165, 1.54) is 0 Å². The number of carbonyl (C=O) groups excluding carboxylic acids is 2. The van der Waals surface area contributed by atoms with Crippen LogP contribution in [0.4, 0.5) is 0 Å². The Labute approximate surface area is 73.3 Å². The van der Waals surface area contributed by atoms with Crippen molar-refractivity contribution in [3.63, 3.8) is 0 Å². The molecule has 0 bridgehead atoms. The van der Waals surface area contributed by atoms with Gasteiger partial charge >= 0.3 is 0 Å². The molecule has 0 aromatic rings. The highest BCUT2D eigenvalue weighted by molar-refractivity contribution is 6.05. The second-order valence-corrected chi connectivity index (χ2v) is 3.29. The fourth-order valence-corrected chi connectivity index (χ4v) is 0.412. The maximum atomic E-state index is 10.9. The van der Waals surface area contributed by atoms with E-state index in [1.807, 2.05) is 0 Å². The third kappa shape index (κ3) is 3.92. The van der Waals surface area contributed by atoms with Gasteiger partial charge in [0.1, 0.15) is 0 Å². The Morgan fingerprint density at radius 3 is 1.25 bits per heavy atom. The van der Waals surface area contributed by atoms with Crippen LogP contribution in [0.25, 0.3) is 0 Å². The molecule has 0 saturated carbocycles. The van der Waals surface area contributed by atoms with Gasteiger partial charge in [-0.2, -0.15) is 0 Å². The zero-order valence-corrected chi connectivity index (χ0v) is 7.97. The summed E-state index contributed by atoms with van der Waals surface area (Å²) in [6, 6.07) is 0. The monoisotopic (exact) mass is 166 g/mol. The molecular weight excluding hydrogens is 152 g/mol. The summed E-state index contributed by atoms with van der Waals surface area (Å²) in [5.41, 5.74) is 0. The van der Waals surface area contributed by atoms with E-state index in [4.69, 9.17) is 0 Å². The molecule has 0 aromatic carbocycles. The van der Waals surface area contributed by atoms with Crippen LogP contribution in [0, 0.1) is 23.7 Å². The van der Waals surface area contributed by atoms with Gasteiger partial charge in [-0.05, 0) is 11.8 Å². The Bertz CT molecular complexity index is 214. The minimum absolute atomic E-state index is 0.113. The molecule has 0 unspecified atom stereocenters. The zero-order valence-electron chi connectivity index (χ0n) is 7.97. The van der Waals surface area contributed by atoms with Crippen molar-refractivity contribution in [2.24, 2.45) is 11.8 Å². The SMILES string of the molecule is CC(C)C(=O)C#CC(=O)C(C)C. The van der Waals surface area contributed by atoms with E-state index >= 15 is 0 Å². The Kier molecular flexibility index (Phi) is 4.28. The van der Waals surface area contributed by atoms with Crippen LogP contribution in [0.1, 0.15) is 27.7 Å². The third-order valence-electron chi connectivity index (χ3n) is 1.36. The minimum Gasteiger partial charge on any atom is -0.285 e. The first kappa shape index (κ1) is 10.9. The molecule has 0 rings (SSSR count). The van der Waals surface area contributed by atoms with Crippen molar-refractivity contribution < 1.29 is 9.59 Å². The van der Waals surface area contributed by atoms with Crippen molar-refractivity contribution in [3.8, 4) is 11.8 Å². The van der Waals surface area contributed by atoms with Crippen molar-refractivity contribution in [1.82, 2.24) is 0 Å². The first-order chi connectivity index (χ1) is 5.45. The number of hydrogen-bond acceptors (Lipinski definition) is 2. The van der Waals surface area contributed by atoms with Crippen molar-refractivity contribution in [2.75, 3.05) is 0 Å². The van der Waals surface area contributed by atoms with Gasteiger partial charge in [-0.25, -0.2) is 0 Å². The summed E-state index contributed by atoms with van der Waals surface area (Å²) in [5, 5.41) is 0. The predicted octanol–water partition coefficient (Wildman–Crippen LogP) is 1.44. The topological polar surface area (TPSA) is 34.1 Å². The van der Waals surface area contributed by atoms with E-state index in [0.717, 1.165) is 0 Å². The summed E-state index contributed by atoms with van der Waals surface area (Å²) in [6.45, 7) is 7.04. The van der Waals surface area contributed by atoms with Crippen molar-refractivity contribution in [2.45, 2.75) is 27.7 Å². The third-order valence-corrected chi connectivity index (χ3v) is 1.36. The summed E-state index contributed by atoms with van der Waals surface area (Å²) in [6.07, 6.45) is 0. The Balaban J connectivity index is 4.22. The van der Waals surface area contributed by atoms with Crippen molar-refractivity contribution in [1.29, 1.82) is 0 Å². The lowest BCUT2D eigenvalue weighted by atomic mass is 10.1. The number of ketones is 2. The molecule has 0 heterocycles. The fourth-order valence-electron chi connectivity index (χ4n) is 0.412. The summed E-state index contributed by atoms with van der Waals surface area (Å²) < 4.78 is 0. The number of carbonyl (C=O) groups is 2. The van der Waals surface area contributed by atoms with Gasteiger partial charge in [-0.3, -0.25) is 9.59 Å². The largest absolute Gasteiger partial charge is 0.285 e. The van der Waals surface area contributed by atoms with Crippen molar-refractivity contribution >= 4 is 11.6 Å². The maximum absolute atomic E-state index is 10.9. The number of Topliss-reactive ketones (excluding diaryl/α,β-unsaturated/α-hetero) is 2. The van der Waals surface area contributed by atoms with E-state index in [2.05, 4.69) is 11.8 Å². The summed E-state index contributed by atoms with van der Waals surface area (Å²) in [5.74, 6) is 4.07. The molecule has 0 spiro atoms. The van der Waals surface area contributed by atoms with Gasteiger partial charge in [-0.15, -0.1) is 0 Å². The molecule has 66 valence electrons. The average molecular weight is 166 g/mol. The molecule has 0 amide bonds. The summed E-state index contributed by atoms with van der Waals surface area (Å²) in [7, 11) is 0. The quantitative estimate of drug-likeness (QED) is 0.459. The molecule has 0 aliphatic rings. The Morgan fingerprint density at radius 1 is 0.833 bits per heavy atom. The smallest absolute Gasteiger partial charge is 0.208 e. The van der Waals surface area contributed by atoms with E-state index in [1.54, 1.807) is 27.7 Å². The van der Waals surface area contributed by atoms with Crippen LogP contribution in [0.2, 0.25) is 0 Å². The molecule has 0 saturated heterocycles. The lowest BCUT2D eigenvalue weighted by molar-refractivity contribution is -0.118. The fraction of sp³-hybridized carbons (Fsp3) is 0.600. The molecule has 0 radical (unpaired) electrons. The second kappa shape index (κ2) is 4.71. The van der Waals surface area contributed by atoms with Gasteiger partial charge in [0.15, 0.2) is 0 Å². The van der Waals surface area contributed by atoms with Gasteiger partial charge in [0.25, 0.3) is 0 Å². The van der Waals surface area contributed by atoms with Crippen LogP contribution in [0.15, 0.2) is 0 Å². The molecule has 2 heteroatoms. The highest BCUT2D eigenvalue weighted by Gasteiger charge is 2.05. The highest BCUT2D eigenvalue weighted by atomic mass is 16.1. The molecule has 0 atom stereocenters. The van der Waals surface area contributed by atoms with Crippen LogP contribution in [0.3, 0.4) is 0 Å². The Morgan fingerprint density at radius 2 is 1.08 bits per heavy atom. The average Bonchev–Trinajstić information content (AvgIpc) is 1.98. The normalized spacial score (nSPS) is 9.50. The van der Waals surface area contributed by atoms with E-state index in [-0.39, 0.29) is 23.4 Å². The Hall–Kier alpha value is -1.10. The summed E-state index contributed by atoms with van der Waals surface area (Å²) in [4.78, 5) is 21.9. The van der Waals surface area contributed by atoms with E-state index in [9.17, 15) is 9.59 Å². The lowest BCUT2D eigenvalue weighted by Gasteiger charge is -1.94. The second-order valence-electron chi connectivity index (χ2n) is 3.29. The predicted molar refractivity (Wildman–Crippen MR) is 47.5 cm³/mol. The molecular formula is C10H14O2. The van der Waals surface area contributed by atoms with Crippen LogP contribution in [0.5, 0.6) is 0 Å². The molecule has 0 fully saturated rings. The van der Waals surface area contributed by atoms with Crippen molar-refractivity contribution in [3.05, 3.63) is 0 Å². The number of hydrogen-bond donors (Lipinski definition) is 0. The van der Waals surface area contributed by atoms with E-state index < -0.39 is 0 Å². The van der Waals surface area contributed by atoms with Crippen LogP contribution >= 0.6 is 0 Å². The van der Waals surface area contributed by atoms with Gasteiger partial charge < -0.3 is 0 Å². The molecule has 0 aliphatic heterocycles. The van der Waals surface area contributed by atoms with E-state index in [0.29, 0.717) is 0 Å².